The third kappa shape index (κ3) is 4.15. The van der Waals surface area contributed by atoms with Crippen molar-refractivity contribution in [1.82, 2.24) is 4.90 Å². The van der Waals surface area contributed by atoms with Gasteiger partial charge in [0.15, 0.2) is 11.5 Å². The van der Waals surface area contributed by atoms with Gasteiger partial charge in [0.1, 0.15) is 5.82 Å². The number of carbonyl (C=O) groups is 1. The van der Waals surface area contributed by atoms with Crippen LogP contribution in [0.5, 0.6) is 11.5 Å². The number of amides is 1. The van der Waals surface area contributed by atoms with Crippen LogP contribution in [0.1, 0.15) is 42.9 Å². The van der Waals surface area contributed by atoms with Crippen LogP contribution in [0.4, 0.5) is 4.39 Å². The van der Waals surface area contributed by atoms with Gasteiger partial charge in [0.2, 0.25) is 5.91 Å². The third-order valence-corrected chi connectivity index (χ3v) is 4.93. The summed E-state index contributed by atoms with van der Waals surface area (Å²) >= 11 is 0. The molecule has 1 atom stereocenters. The number of methoxy groups -OCH3 is 1. The lowest BCUT2D eigenvalue weighted by atomic mass is 9.94. The predicted octanol–water partition coefficient (Wildman–Crippen LogP) is 4.23. The molecule has 1 fully saturated rings. The first kappa shape index (κ1) is 18.2. The second-order valence-electron chi connectivity index (χ2n) is 6.66. The minimum absolute atomic E-state index is 0.0591. The normalized spacial score (nSPS) is 17.2. The number of nitrogens with zero attached hydrogens (tertiary/aromatic N) is 1. The average molecular weight is 357 g/mol. The van der Waals surface area contributed by atoms with Crippen molar-refractivity contribution in [2.75, 3.05) is 13.7 Å². The van der Waals surface area contributed by atoms with Crippen LogP contribution < -0.4 is 4.74 Å². The minimum Gasteiger partial charge on any atom is -0.504 e. The SMILES string of the molecule is COc1ccc(CCC(=O)N2CCCCC2c2cccc(F)c2)cc1O. The van der Waals surface area contributed by atoms with Crippen molar-refractivity contribution >= 4 is 5.91 Å². The molecule has 1 aliphatic rings. The van der Waals surface area contributed by atoms with E-state index in [4.69, 9.17) is 4.74 Å². The van der Waals surface area contributed by atoms with Crippen LogP contribution in [0.25, 0.3) is 0 Å². The second-order valence-corrected chi connectivity index (χ2v) is 6.66. The first-order valence-corrected chi connectivity index (χ1v) is 8.99. The van der Waals surface area contributed by atoms with Crippen molar-refractivity contribution in [2.45, 2.75) is 38.1 Å². The molecular weight excluding hydrogens is 333 g/mol. The van der Waals surface area contributed by atoms with Crippen molar-refractivity contribution < 1.29 is 19.0 Å². The van der Waals surface area contributed by atoms with Gasteiger partial charge in [0, 0.05) is 13.0 Å². The Kier molecular flexibility index (Phi) is 5.76. The quantitative estimate of drug-likeness (QED) is 0.871. The molecule has 26 heavy (non-hydrogen) atoms. The summed E-state index contributed by atoms with van der Waals surface area (Å²) in [6.07, 6.45) is 3.77. The number of benzene rings is 2. The highest BCUT2D eigenvalue weighted by atomic mass is 19.1. The minimum atomic E-state index is -0.269. The van der Waals surface area contributed by atoms with Gasteiger partial charge < -0.3 is 14.7 Å². The Morgan fingerprint density at radius 3 is 2.85 bits per heavy atom. The van der Waals surface area contributed by atoms with Gasteiger partial charge in [-0.1, -0.05) is 18.2 Å². The molecule has 1 amide bonds. The topological polar surface area (TPSA) is 49.8 Å². The van der Waals surface area contributed by atoms with Crippen LogP contribution in [-0.4, -0.2) is 29.6 Å². The molecule has 1 unspecified atom stereocenters. The van der Waals surface area contributed by atoms with Crippen molar-refractivity contribution in [1.29, 1.82) is 0 Å². The Balaban J connectivity index is 1.68. The maximum absolute atomic E-state index is 13.6. The van der Waals surface area contributed by atoms with E-state index in [2.05, 4.69) is 0 Å². The van der Waals surface area contributed by atoms with E-state index in [1.54, 1.807) is 18.2 Å². The molecule has 1 N–H and O–H groups in total. The summed E-state index contributed by atoms with van der Waals surface area (Å²) in [5.74, 6) is 0.291. The number of piperidine rings is 1. The fourth-order valence-electron chi connectivity index (χ4n) is 3.58. The van der Waals surface area contributed by atoms with E-state index < -0.39 is 0 Å². The van der Waals surface area contributed by atoms with Crippen molar-refractivity contribution in [2.24, 2.45) is 0 Å². The summed E-state index contributed by atoms with van der Waals surface area (Å²) in [7, 11) is 1.50. The summed E-state index contributed by atoms with van der Waals surface area (Å²) in [4.78, 5) is 14.7. The fourth-order valence-corrected chi connectivity index (χ4v) is 3.58. The number of ether oxygens (including phenoxy) is 1. The maximum atomic E-state index is 13.6. The molecule has 2 aromatic rings. The Labute approximate surface area is 153 Å². The van der Waals surface area contributed by atoms with Gasteiger partial charge in [-0.25, -0.2) is 4.39 Å². The molecule has 4 nitrogen and oxygen atoms in total. The number of halogens is 1. The van der Waals surface area contributed by atoms with Crippen molar-refractivity contribution in [3.8, 4) is 11.5 Å². The average Bonchev–Trinajstić information content (AvgIpc) is 2.66. The van der Waals surface area contributed by atoms with Crippen LogP contribution >= 0.6 is 0 Å². The lowest BCUT2D eigenvalue weighted by Gasteiger charge is -2.36. The van der Waals surface area contributed by atoms with E-state index in [1.807, 2.05) is 17.0 Å². The van der Waals surface area contributed by atoms with Crippen molar-refractivity contribution in [3.63, 3.8) is 0 Å². The third-order valence-electron chi connectivity index (χ3n) is 4.93. The standard InChI is InChI=1S/C21H24FNO3/c1-26-20-10-8-15(13-19(20)24)9-11-21(25)23-12-3-2-7-18(23)16-5-4-6-17(22)14-16/h4-6,8,10,13-14,18,24H,2-3,7,9,11-12H2,1H3. The summed E-state index contributed by atoms with van der Waals surface area (Å²) in [5.41, 5.74) is 1.75. The number of rotatable bonds is 5. The lowest BCUT2D eigenvalue weighted by Crippen LogP contribution is -2.38. The summed E-state index contributed by atoms with van der Waals surface area (Å²) < 4.78 is 18.6. The first-order chi connectivity index (χ1) is 12.6. The number of likely N-dealkylation sites (tertiary alicyclic amines) is 1. The number of phenols is 1. The highest BCUT2D eigenvalue weighted by molar-refractivity contribution is 5.77. The Bertz CT molecular complexity index is 778. The summed E-state index contributed by atoms with van der Waals surface area (Å²) in [5, 5.41) is 9.87. The summed E-state index contributed by atoms with van der Waals surface area (Å²) in [6.45, 7) is 0.702. The van der Waals surface area contributed by atoms with Gasteiger partial charge in [0.25, 0.3) is 0 Å². The molecule has 1 heterocycles. The number of carbonyl (C=O) groups excluding carboxylic acids is 1. The van der Waals surface area contributed by atoms with Crippen LogP contribution in [0.3, 0.4) is 0 Å². The molecule has 5 heteroatoms. The molecule has 0 aliphatic carbocycles. The van der Waals surface area contributed by atoms with Gasteiger partial charge in [-0.15, -0.1) is 0 Å². The molecule has 0 saturated carbocycles. The van der Waals surface area contributed by atoms with E-state index in [9.17, 15) is 14.3 Å². The van der Waals surface area contributed by atoms with E-state index in [1.165, 1.54) is 19.2 Å². The van der Waals surface area contributed by atoms with E-state index in [0.717, 1.165) is 30.4 Å². The zero-order valence-corrected chi connectivity index (χ0v) is 15.0. The summed E-state index contributed by atoms with van der Waals surface area (Å²) in [6, 6.07) is 11.7. The highest BCUT2D eigenvalue weighted by Gasteiger charge is 2.27. The lowest BCUT2D eigenvalue weighted by molar-refractivity contribution is -0.135. The Morgan fingerprint density at radius 1 is 1.27 bits per heavy atom. The molecular formula is C21H24FNO3. The Hall–Kier alpha value is -2.56. The van der Waals surface area contributed by atoms with Gasteiger partial charge in [-0.2, -0.15) is 0 Å². The molecule has 0 aromatic heterocycles. The maximum Gasteiger partial charge on any atom is 0.223 e. The number of phenolic OH excluding ortho intramolecular Hbond substituents is 1. The largest absolute Gasteiger partial charge is 0.504 e. The second kappa shape index (κ2) is 8.21. The highest BCUT2D eigenvalue weighted by Crippen LogP contribution is 2.32. The molecule has 0 spiro atoms. The van der Waals surface area contributed by atoms with Gasteiger partial charge in [-0.3, -0.25) is 4.79 Å². The number of aryl methyl sites for hydroxylation is 1. The van der Waals surface area contributed by atoms with Crippen molar-refractivity contribution in [3.05, 3.63) is 59.4 Å². The van der Waals surface area contributed by atoms with Crippen LogP contribution in [0, 0.1) is 5.82 Å². The monoisotopic (exact) mass is 357 g/mol. The molecule has 1 saturated heterocycles. The first-order valence-electron chi connectivity index (χ1n) is 8.99. The molecule has 0 bridgehead atoms. The van der Waals surface area contributed by atoms with Crippen LogP contribution in [-0.2, 0) is 11.2 Å². The molecule has 3 rings (SSSR count). The predicted molar refractivity (Wildman–Crippen MR) is 97.7 cm³/mol. The zero-order valence-electron chi connectivity index (χ0n) is 15.0. The smallest absolute Gasteiger partial charge is 0.223 e. The van der Waals surface area contributed by atoms with Crippen LogP contribution in [0.2, 0.25) is 0 Å². The van der Waals surface area contributed by atoms with Gasteiger partial charge >= 0.3 is 0 Å². The van der Waals surface area contributed by atoms with E-state index >= 15 is 0 Å². The molecule has 0 radical (unpaired) electrons. The molecule has 2 aromatic carbocycles. The number of hydrogen-bond donors (Lipinski definition) is 1. The van der Waals surface area contributed by atoms with E-state index in [0.29, 0.717) is 25.1 Å². The molecule has 1 aliphatic heterocycles. The van der Waals surface area contributed by atoms with Crippen LogP contribution in [0.15, 0.2) is 42.5 Å². The Morgan fingerprint density at radius 2 is 2.12 bits per heavy atom. The number of hydrogen-bond acceptors (Lipinski definition) is 3. The van der Waals surface area contributed by atoms with Gasteiger partial charge in [0.05, 0.1) is 13.2 Å². The number of aromatic hydroxyl groups is 1. The van der Waals surface area contributed by atoms with Gasteiger partial charge in [-0.05, 0) is 61.1 Å². The molecule has 138 valence electrons. The zero-order chi connectivity index (χ0) is 18.5. The fraction of sp³-hybridized carbons (Fsp3) is 0.381. The van der Waals surface area contributed by atoms with E-state index in [-0.39, 0.29) is 23.5 Å².